The van der Waals surface area contributed by atoms with Crippen molar-refractivity contribution < 1.29 is 4.39 Å². The smallest absolute Gasteiger partial charge is 0.264 e. The molecule has 4 aromatic rings. The second-order valence-electron chi connectivity index (χ2n) is 6.67. The number of aromatic nitrogens is 6. The van der Waals surface area contributed by atoms with Crippen molar-refractivity contribution in [3.05, 3.63) is 52.6 Å². The predicted molar refractivity (Wildman–Crippen MR) is 89.3 cm³/mol. The molecule has 1 aliphatic rings. The van der Waals surface area contributed by atoms with E-state index in [1.807, 2.05) is 6.20 Å². The monoisotopic (exact) mass is 338 g/mol. The Balaban J connectivity index is 1.80. The van der Waals surface area contributed by atoms with Crippen molar-refractivity contribution in [1.29, 1.82) is 0 Å². The maximum Gasteiger partial charge on any atom is 0.264 e. The summed E-state index contributed by atoms with van der Waals surface area (Å²) < 4.78 is 18.8. The van der Waals surface area contributed by atoms with Gasteiger partial charge in [-0.25, -0.2) is 9.37 Å². The first-order valence-electron chi connectivity index (χ1n) is 8.13. The molecule has 0 aliphatic heterocycles. The molecule has 126 valence electrons. The van der Waals surface area contributed by atoms with Crippen molar-refractivity contribution in [3.8, 4) is 5.82 Å². The summed E-state index contributed by atoms with van der Waals surface area (Å²) in [5, 5.41) is 8.46. The van der Waals surface area contributed by atoms with E-state index in [0.717, 1.165) is 12.1 Å². The molecule has 1 aliphatic carbocycles. The molecule has 0 bridgehead atoms. The SMILES string of the molecule is CC1CC1c1cn(-c2ncn3c4cccc(F)c4c(=O)n(C)c23)nn1. The van der Waals surface area contributed by atoms with Gasteiger partial charge in [0.15, 0.2) is 11.5 Å². The number of benzene rings is 1. The van der Waals surface area contributed by atoms with Gasteiger partial charge in [0.25, 0.3) is 5.56 Å². The fourth-order valence-electron chi connectivity index (χ4n) is 3.46. The van der Waals surface area contributed by atoms with Gasteiger partial charge in [0, 0.05) is 13.0 Å². The van der Waals surface area contributed by atoms with Crippen LogP contribution in [-0.4, -0.2) is 28.9 Å². The number of nitrogens with zero attached hydrogens (tertiary/aromatic N) is 6. The third-order valence-corrected chi connectivity index (χ3v) is 5.03. The lowest BCUT2D eigenvalue weighted by molar-refractivity contribution is 0.636. The summed E-state index contributed by atoms with van der Waals surface area (Å²) in [6.07, 6.45) is 4.55. The molecule has 0 N–H and O–H groups in total. The fraction of sp³-hybridized carbons (Fsp3) is 0.294. The van der Waals surface area contributed by atoms with Gasteiger partial charge in [-0.05, 0) is 24.5 Å². The number of halogens is 1. The molecule has 5 rings (SSSR count). The number of imidazole rings is 1. The number of fused-ring (bicyclic) bond motifs is 3. The number of aryl methyl sites for hydroxylation is 1. The minimum atomic E-state index is -0.541. The zero-order valence-electron chi connectivity index (χ0n) is 13.7. The van der Waals surface area contributed by atoms with Crippen molar-refractivity contribution in [2.24, 2.45) is 13.0 Å². The molecule has 0 amide bonds. The number of rotatable bonds is 2. The highest BCUT2D eigenvalue weighted by Gasteiger charge is 2.36. The van der Waals surface area contributed by atoms with Crippen LogP contribution in [0.2, 0.25) is 0 Å². The minimum absolute atomic E-state index is 0.0486. The fourth-order valence-corrected chi connectivity index (χ4v) is 3.46. The molecule has 25 heavy (non-hydrogen) atoms. The highest BCUT2D eigenvalue weighted by atomic mass is 19.1. The van der Waals surface area contributed by atoms with E-state index < -0.39 is 11.4 Å². The summed E-state index contributed by atoms with van der Waals surface area (Å²) in [7, 11) is 1.61. The van der Waals surface area contributed by atoms with E-state index in [2.05, 4.69) is 22.2 Å². The van der Waals surface area contributed by atoms with E-state index in [4.69, 9.17) is 0 Å². The average molecular weight is 338 g/mol. The Labute approximate surface area is 141 Å². The molecule has 1 aromatic carbocycles. The second kappa shape index (κ2) is 4.75. The largest absolute Gasteiger partial charge is 0.294 e. The van der Waals surface area contributed by atoms with Gasteiger partial charge in [-0.1, -0.05) is 18.2 Å². The van der Waals surface area contributed by atoms with Gasteiger partial charge in [0.2, 0.25) is 0 Å². The quantitative estimate of drug-likeness (QED) is 0.561. The maximum absolute atomic E-state index is 14.1. The first-order valence-corrected chi connectivity index (χ1v) is 8.13. The van der Waals surface area contributed by atoms with Crippen LogP contribution in [0.3, 0.4) is 0 Å². The molecule has 2 unspecified atom stereocenters. The molecule has 7 nitrogen and oxygen atoms in total. The van der Waals surface area contributed by atoms with E-state index in [1.54, 1.807) is 34.6 Å². The molecule has 1 saturated carbocycles. The highest BCUT2D eigenvalue weighted by Crippen LogP contribution is 2.45. The zero-order valence-corrected chi connectivity index (χ0v) is 13.7. The van der Waals surface area contributed by atoms with E-state index in [-0.39, 0.29) is 5.39 Å². The lowest BCUT2D eigenvalue weighted by Crippen LogP contribution is -2.21. The van der Waals surface area contributed by atoms with E-state index in [9.17, 15) is 9.18 Å². The maximum atomic E-state index is 14.1. The molecule has 1 fully saturated rings. The van der Waals surface area contributed by atoms with Crippen molar-refractivity contribution in [3.63, 3.8) is 0 Å². The van der Waals surface area contributed by atoms with Crippen LogP contribution in [0.1, 0.15) is 25.0 Å². The van der Waals surface area contributed by atoms with Gasteiger partial charge < -0.3 is 0 Å². The summed E-state index contributed by atoms with van der Waals surface area (Å²) in [6.45, 7) is 2.18. The van der Waals surface area contributed by atoms with Crippen molar-refractivity contribution >= 4 is 16.6 Å². The Morgan fingerprint density at radius 1 is 1.32 bits per heavy atom. The van der Waals surface area contributed by atoms with E-state index in [0.29, 0.717) is 28.8 Å². The first-order chi connectivity index (χ1) is 12.1. The Kier molecular flexibility index (Phi) is 2.72. The third-order valence-electron chi connectivity index (χ3n) is 5.03. The second-order valence-corrected chi connectivity index (χ2v) is 6.67. The zero-order chi connectivity index (χ0) is 17.3. The van der Waals surface area contributed by atoms with Gasteiger partial charge in [0.05, 0.1) is 22.8 Å². The molecular weight excluding hydrogens is 323 g/mol. The van der Waals surface area contributed by atoms with Gasteiger partial charge in [-0.15, -0.1) is 5.10 Å². The molecular formula is C17H15FN6O. The van der Waals surface area contributed by atoms with Gasteiger partial charge in [0.1, 0.15) is 12.1 Å². The number of hydrogen-bond donors (Lipinski definition) is 0. The van der Waals surface area contributed by atoms with E-state index >= 15 is 0 Å². The van der Waals surface area contributed by atoms with Crippen LogP contribution in [0.15, 0.2) is 35.5 Å². The lowest BCUT2D eigenvalue weighted by atomic mass is 10.2. The normalized spacial score (nSPS) is 19.8. The van der Waals surface area contributed by atoms with Gasteiger partial charge >= 0.3 is 0 Å². The van der Waals surface area contributed by atoms with Crippen LogP contribution in [0.5, 0.6) is 0 Å². The summed E-state index contributed by atoms with van der Waals surface area (Å²) >= 11 is 0. The molecule has 3 heterocycles. The topological polar surface area (TPSA) is 70.0 Å². The van der Waals surface area contributed by atoms with Crippen molar-refractivity contribution in [2.45, 2.75) is 19.3 Å². The standard InChI is InChI=1S/C17H15FN6O/c1-9-6-10(9)12-7-24(21-20-12)15-16-22(2)17(25)14-11(18)4-3-5-13(14)23(16)8-19-15/h3-5,7-10H,6H2,1-2H3. The van der Waals surface area contributed by atoms with Crippen LogP contribution in [-0.2, 0) is 7.05 Å². The summed E-state index contributed by atoms with van der Waals surface area (Å²) in [6, 6.07) is 4.57. The van der Waals surface area contributed by atoms with Crippen LogP contribution < -0.4 is 5.56 Å². The Bertz CT molecular complexity index is 1200. The molecule has 2 atom stereocenters. The van der Waals surface area contributed by atoms with Crippen LogP contribution >= 0.6 is 0 Å². The highest BCUT2D eigenvalue weighted by molar-refractivity contribution is 5.82. The molecule has 8 heteroatoms. The van der Waals surface area contributed by atoms with Gasteiger partial charge in [-0.2, -0.15) is 4.68 Å². The lowest BCUT2D eigenvalue weighted by Gasteiger charge is -2.08. The number of hydrogen-bond acceptors (Lipinski definition) is 4. The van der Waals surface area contributed by atoms with Gasteiger partial charge in [-0.3, -0.25) is 13.8 Å². The predicted octanol–water partition coefficient (Wildman–Crippen LogP) is 2.03. The Morgan fingerprint density at radius 2 is 2.12 bits per heavy atom. The minimum Gasteiger partial charge on any atom is -0.294 e. The molecule has 0 saturated heterocycles. The van der Waals surface area contributed by atoms with Crippen LogP contribution in [0, 0.1) is 11.7 Å². The van der Waals surface area contributed by atoms with Crippen LogP contribution in [0.25, 0.3) is 22.4 Å². The van der Waals surface area contributed by atoms with E-state index in [1.165, 1.54) is 10.6 Å². The third kappa shape index (κ3) is 1.90. The summed E-state index contributed by atoms with van der Waals surface area (Å²) in [4.78, 5) is 17.0. The molecule has 0 spiro atoms. The van der Waals surface area contributed by atoms with Crippen molar-refractivity contribution in [1.82, 2.24) is 28.9 Å². The molecule has 3 aromatic heterocycles. The van der Waals surface area contributed by atoms with Crippen molar-refractivity contribution in [2.75, 3.05) is 0 Å². The summed E-state index contributed by atoms with van der Waals surface area (Å²) in [5.41, 5.74) is 1.56. The van der Waals surface area contributed by atoms with Crippen LogP contribution in [0.4, 0.5) is 4.39 Å². The average Bonchev–Trinajstić information content (AvgIpc) is 3.03. The first kappa shape index (κ1) is 14.3. The Morgan fingerprint density at radius 3 is 2.88 bits per heavy atom. The summed E-state index contributed by atoms with van der Waals surface area (Å²) in [5.74, 6) is 1.03. The molecule has 0 radical (unpaired) electrons. The Hall–Kier alpha value is -3.03.